The Balaban J connectivity index is 1.88. The first kappa shape index (κ1) is 15.0. The van der Waals surface area contributed by atoms with Crippen LogP contribution in [0.25, 0.3) is 0 Å². The summed E-state index contributed by atoms with van der Waals surface area (Å²) in [5.41, 5.74) is 2.52. The molecule has 2 rings (SSSR count). The second-order valence-electron chi connectivity index (χ2n) is 5.15. The van der Waals surface area contributed by atoms with E-state index in [1.54, 1.807) is 7.11 Å². The maximum absolute atomic E-state index is 10.7. The lowest BCUT2D eigenvalue weighted by atomic mass is 10.1. The van der Waals surface area contributed by atoms with Crippen LogP contribution in [-0.4, -0.2) is 60.7 Å². The van der Waals surface area contributed by atoms with E-state index < -0.39 is 5.97 Å². The zero-order valence-electron chi connectivity index (χ0n) is 11.9. The molecule has 1 N–H and O–H groups in total. The van der Waals surface area contributed by atoms with E-state index in [0.29, 0.717) is 6.61 Å². The molecule has 1 aromatic carbocycles. The summed E-state index contributed by atoms with van der Waals surface area (Å²) in [5, 5.41) is 8.79. The first-order valence-electron chi connectivity index (χ1n) is 6.91. The lowest BCUT2D eigenvalue weighted by Gasteiger charge is -2.34. The van der Waals surface area contributed by atoms with Gasteiger partial charge in [0.2, 0.25) is 0 Å². The van der Waals surface area contributed by atoms with Crippen LogP contribution in [-0.2, 0) is 22.7 Å². The lowest BCUT2D eigenvalue weighted by molar-refractivity contribution is -0.138. The molecule has 0 unspecified atom stereocenters. The number of ether oxygens (including phenoxy) is 1. The van der Waals surface area contributed by atoms with Crippen molar-refractivity contribution in [3.63, 3.8) is 0 Å². The Bertz CT molecular complexity index is 442. The third-order valence-electron chi connectivity index (χ3n) is 3.64. The van der Waals surface area contributed by atoms with E-state index in [4.69, 9.17) is 9.84 Å². The van der Waals surface area contributed by atoms with Gasteiger partial charge in [-0.25, -0.2) is 0 Å². The quantitative estimate of drug-likeness (QED) is 0.842. The molecule has 0 bridgehead atoms. The van der Waals surface area contributed by atoms with E-state index in [1.807, 2.05) is 11.0 Å². The molecule has 1 aliphatic rings. The molecule has 0 atom stereocenters. The average Bonchev–Trinajstić information content (AvgIpc) is 2.43. The third-order valence-corrected chi connectivity index (χ3v) is 3.64. The fourth-order valence-electron chi connectivity index (χ4n) is 2.55. The zero-order chi connectivity index (χ0) is 14.4. The predicted molar refractivity (Wildman–Crippen MR) is 76.5 cm³/mol. The molecular weight excluding hydrogens is 256 g/mol. The summed E-state index contributed by atoms with van der Waals surface area (Å²) in [6, 6.07) is 8.31. The van der Waals surface area contributed by atoms with E-state index in [2.05, 4.69) is 23.1 Å². The third kappa shape index (κ3) is 4.30. The highest BCUT2D eigenvalue weighted by atomic mass is 16.5. The van der Waals surface area contributed by atoms with Gasteiger partial charge in [-0.1, -0.05) is 24.3 Å². The summed E-state index contributed by atoms with van der Waals surface area (Å²) in [4.78, 5) is 15.0. The molecule has 5 heteroatoms. The molecule has 1 saturated heterocycles. The van der Waals surface area contributed by atoms with Gasteiger partial charge in [-0.15, -0.1) is 0 Å². The monoisotopic (exact) mass is 278 g/mol. The van der Waals surface area contributed by atoms with Crippen molar-refractivity contribution in [1.29, 1.82) is 0 Å². The van der Waals surface area contributed by atoms with Gasteiger partial charge in [0, 0.05) is 39.8 Å². The number of nitrogens with zero attached hydrogens (tertiary/aromatic N) is 2. The summed E-state index contributed by atoms with van der Waals surface area (Å²) in [7, 11) is 1.71. The first-order chi connectivity index (χ1) is 9.69. The second kappa shape index (κ2) is 7.38. The van der Waals surface area contributed by atoms with Crippen LogP contribution in [0.15, 0.2) is 24.3 Å². The number of carboxylic acids is 1. The summed E-state index contributed by atoms with van der Waals surface area (Å²) < 4.78 is 5.23. The largest absolute Gasteiger partial charge is 0.480 e. The van der Waals surface area contributed by atoms with E-state index in [0.717, 1.165) is 32.7 Å². The van der Waals surface area contributed by atoms with E-state index in [9.17, 15) is 4.79 Å². The molecule has 0 aliphatic carbocycles. The Kier molecular flexibility index (Phi) is 5.52. The minimum Gasteiger partial charge on any atom is -0.480 e. The zero-order valence-corrected chi connectivity index (χ0v) is 11.9. The first-order valence-corrected chi connectivity index (χ1v) is 6.91. The van der Waals surface area contributed by atoms with Crippen molar-refractivity contribution < 1.29 is 14.6 Å². The fourth-order valence-corrected chi connectivity index (χ4v) is 2.55. The van der Waals surface area contributed by atoms with Gasteiger partial charge in [0.15, 0.2) is 0 Å². The van der Waals surface area contributed by atoms with Gasteiger partial charge >= 0.3 is 5.97 Å². The highest BCUT2D eigenvalue weighted by molar-refractivity contribution is 5.69. The van der Waals surface area contributed by atoms with Gasteiger partial charge < -0.3 is 9.84 Å². The van der Waals surface area contributed by atoms with Crippen LogP contribution in [0, 0.1) is 0 Å². The predicted octanol–water partition coefficient (Wildman–Crippen LogP) is 1.04. The van der Waals surface area contributed by atoms with Crippen LogP contribution in [0.3, 0.4) is 0 Å². The molecule has 20 heavy (non-hydrogen) atoms. The summed E-state index contributed by atoms with van der Waals surface area (Å²) in [6.07, 6.45) is 0. The van der Waals surface area contributed by atoms with E-state index >= 15 is 0 Å². The van der Waals surface area contributed by atoms with Gasteiger partial charge in [0.05, 0.1) is 13.2 Å². The van der Waals surface area contributed by atoms with Crippen molar-refractivity contribution >= 4 is 5.97 Å². The van der Waals surface area contributed by atoms with Crippen molar-refractivity contribution in [2.24, 2.45) is 0 Å². The number of methoxy groups -OCH3 is 1. The highest BCUT2D eigenvalue weighted by Gasteiger charge is 2.19. The molecule has 5 nitrogen and oxygen atoms in total. The van der Waals surface area contributed by atoms with Crippen LogP contribution < -0.4 is 0 Å². The number of benzene rings is 1. The summed E-state index contributed by atoms with van der Waals surface area (Å²) in [5.74, 6) is -0.746. The van der Waals surface area contributed by atoms with Crippen LogP contribution in [0.4, 0.5) is 0 Å². The molecule has 0 radical (unpaired) electrons. The summed E-state index contributed by atoms with van der Waals surface area (Å²) in [6.45, 7) is 5.14. The van der Waals surface area contributed by atoms with E-state index in [-0.39, 0.29) is 6.54 Å². The van der Waals surface area contributed by atoms with Gasteiger partial charge in [-0.3, -0.25) is 14.6 Å². The van der Waals surface area contributed by atoms with Gasteiger partial charge in [0.25, 0.3) is 0 Å². The number of carboxylic acid groups (broad SMARTS) is 1. The molecule has 0 aromatic heterocycles. The van der Waals surface area contributed by atoms with Gasteiger partial charge in [0.1, 0.15) is 0 Å². The number of hydrogen-bond acceptors (Lipinski definition) is 4. The van der Waals surface area contributed by atoms with Crippen LogP contribution in [0.2, 0.25) is 0 Å². The van der Waals surface area contributed by atoms with Gasteiger partial charge in [-0.05, 0) is 11.1 Å². The molecule has 0 saturated carbocycles. The summed E-state index contributed by atoms with van der Waals surface area (Å²) >= 11 is 0. The Morgan fingerprint density at radius 3 is 2.35 bits per heavy atom. The standard InChI is InChI=1S/C15H22N2O3/c1-20-12-14-5-3-2-4-13(14)10-16-6-8-17(9-7-16)11-15(18)19/h2-5H,6-12H2,1H3,(H,18,19). The number of hydrogen-bond donors (Lipinski definition) is 1. The van der Waals surface area contributed by atoms with Crippen molar-refractivity contribution in [2.45, 2.75) is 13.2 Å². The van der Waals surface area contributed by atoms with Crippen LogP contribution >= 0.6 is 0 Å². The molecule has 1 fully saturated rings. The molecule has 1 aromatic rings. The van der Waals surface area contributed by atoms with Crippen LogP contribution in [0.5, 0.6) is 0 Å². The Hall–Kier alpha value is -1.43. The normalized spacial score (nSPS) is 17.2. The van der Waals surface area contributed by atoms with Crippen LogP contribution in [0.1, 0.15) is 11.1 Å². The molecule has 110 valence electrons. The Morgan fingerprint density at radius 2 is 1.75 bits per heavy atom. The topological polar surface area (TPSA) is 53.0 Å². The maximum Gasteiger partial charge on any atom is 0.317 e. The SMILES string of the molecule is COCc1ccccc1CN1CCN(CC(=O)O)CC1. The van der Waals surface area contributed by atoms with Gasteiger partial charge in [-0.2, -0.15) is 0 Å². The smallest absolute Gasteiger partial charge is 0.317 e. The molecule has 0 spiro atoms. The van der Waals surface area contributed by atoms with Crippen molar-refractivity contribution in [3.8, 4) is 0 Å². The molecular formula is C15H22N2O3. The molecule has 1 heterocycles. The van der Waals surface area contributed by atoms with Crippen molar-refractivity contribution in [1.82, 2.24) is 9.80 Å². The second-order valence-corrected chi connectivity index (χ2v) is 5.15. The number of carbonyl (C=O) groups is 1. The maximum atomic E-state index is 10.7. The highest BCUT2D eigenvalue weighted by Crippen LogP contribution is 2.14. The molecule has 1 aliphatic heterocycles. The Morgan fingerprint density at radius 1 is 1.15 bits per heavy atom. The minimum atomic E-state index is -0.746. The molecule has 0 amide bonds. The fraction of sp³-hybridized carbons (Fsp3) is 0.533. The lowest BCUT2D eigenvalue weighted by Crippen LogP contribution is -2.47. The number of aliphatic carboxylic acids is 1. The number of rotatable bonds is 6. The van der Waals surface area contributed by atoms with Crippen molar-refractivity contribution in [3.05, 3.63) is 35.4 Å². The average molecular weight is 278 g/mol. The number of piperazine rings is 1. The Labute approximate surface area is 119 Å². The minimum absolute atomic E-state index is 0.147. The van der Waals surface area contributed by atoms with E-state index in [1.165, 1.54) is 11.1 Å². The van der Waals surface area contributed by atoms with Crippen molar-refractivity contribution in [2.75, 3.05) is 39.8 Å².